The lowest BCUT2D eigenvalue weighted by Gasteiger charge is -2.28. The van der Waals surface area contributed by atoms with Gasteiger partial charge >= 0.3 is 0 Å². The molecular weight excluding hydrogens is 525 g/mol. The van der Waals surface area contributed by atoms with E-state index in [1.165, 1.54) is 24.3 Å². The van der Waals surface area contributed by atoms with Crippen LogP contribution in [0.25, 0.3) is 0 Å². The molecule has 6 nitrogen and oxygen atoms in total. The smallest absolute Gasteiger partial charge is 0.241 e. The number of imide groups is 1. The van der Waals surface area contributed by atoms with Crippen molar-refractivity contribution in [3.05, 3.63) is 98.0 Å². The minimum Gasteiger partial charge on any atom is -0.349 e. The summed E-state index contributed by atoms with van der Waals surface area (Å²) in [6.45, 7) is 1.74. The SMILES string of the molecule is Cc1ccc(Cl)cc1N1C(=O)C2C(c3ccc(Cl)cc3Cl)OC3(C(=O)c4ccccc4C3=O)C2C1=O. The van der Waals surface area contributed by atoms with E-state index in [0.717, 1.165) is 4.90 Å². The van der Waals surface area contributed by atoms with E-state index in [2.05, 4.69) is 0 Å². The number of amides is 2. The molecule has 6 rings (SSSR count). The number of Topliss-reactive ketones (excluding diaryl/α,β-unsaturated/α-hetero) is 2. The van der Waals surface area contributed by atoms with Gasteiger partial charge in [-0.15, -0.1) is 0 Å². The molecule has 1 spiro atoms. The maximum absolute atomic E-state index is 14.0. The minimum absolute atomic E-state index is 0.154. The Balaban J connectivity index is 1.58. The third-order valence-corrected chi connectivity index (χ3v) is 8.00. The Labute approximate surface area is 220 Å². The molecule has 2 heterocycles. The number of hydrogen-bond acceptors (Lipinski definition) is 5. The molecule has 3 atom stereocenters. The van der Waals surface area contributed by atoms with E-state index in [9.17, 15) is 19.2 Å². The van der Waals surface area contributed by atoms with Crippen LogP contribution in [0.1, 0.15) is 37.9 Å². The molecule has 2 aliphatic heterocycles. The summed E-state index contributed by atoms with van der Waals surface area (Å²) in [6.07, 6.45) is -1.14. The molecule has 0 N–H and O–H groups in total. The molecule has 3 aromatic rings. The number of fused-ring (bicyclic) bond motifs is 3. The Bertz CT molecular complexity index is 1500. The lowest BCUT2D eigenvalue weighted by atomic mass is 9.77. The van der Waals surface area contributed by atoms with Crippen molar-refractivity contribution in [3.63, 3.8) is 0 Å². The van der Waals surface area contributed by atoms with Crippen molar-refractivity contribution in [2.24, 2.45) is 11.8 Å². The number of nitrogens with zero attached hydrogens (tertiary/aromatic N) is 1. The van der Waals surface area contributed by atoms with E-state index in [1.54, 1.807) is 43.3 Å². The van der Waals surface area contributed by atoms with Crippen LogP contribution in [-0.2, 0) is 14.3 Å². The first-order valence-electron chi connectivity index (χ1n) is 11.1. The number of anilines is 1. The molecule has 9 heteroatoms. The lowest BCUT2D eigenvalue weighted by molar-refractivity contribution is -0.127. The summed E-state index contributed by atoms with van der Waals surface area (Å²) in [5, 5.41) is 0.881. The fraction of sp³-hybridized carbons (Fsp3) is 0.185. The van der Waals surface area contributed by atoms with Crippen molar-refractivity contribution in [2.75, 3.05) is 4.90 Å². The monoisotopic (exact) mass is 539 g/mol. The highest BCUT2D eigenvalue weighted by Gasteiger charge is 2.75. The van der Waals surface area contributed by atoms with Crippen molar-refractivity contribution < 1.29 is 23.9 Å². The quantitative estimate of drug-likeness (QED) is 0.310. The van der Waals surface area contributed by atoms with Crippen molar-refractivity contribution in [1.29, 1.82) is 0 Å². The molecule has 0 radical (unpaired) electrons. The summed E-state index contributed by atoms with van der Waals surface area (Å²) in [5.41, 5.74) is -0.600. The summed E-state index contributed by atoms with van der Waals surface area (Å²) in [7, 11) is 0. The van der Waals surface area contributed by atoms with Crippen molar-refractivity contribution >= 4 is 63.9 Å². The standard InChI is InChI=1S/C27H16Cl3NO5/c1-12-6-7-14(29)11-19(12)31-25(34)20-21(26(31)35)27(23(32)15-4-2-3-5-16(15)24(27)33)36-22(20)17-9-8-13(28)10-18(17)30/h2-11,20-22H,1H3. The van der Waals surface area contributed by atoms with E-state index < -0.39 is 46.9 Å². The largest absolute Gasteiger partial charge is 0.349 e. The molecule has 2 amide bonds. The zero-order chi connectivity index (χ0) is 25.5. The second kappa shape index (κ2) is 7.98. The molecule has 3 aromatic carbocycles. The summed E-state index contributed by atoms with van der Waals surface area (Å²) in [5.74, 6) is -5.13. The van der Waals surface area contributed by atoms with Crippen LogP contribution >= 0.6 is 34.8 Å². The van der Waals surface area contributed by atoms with Crippen LogP contribution in [0.2, 0.25) is 15.1 Å². The van der Waals surface area contributed by atoms with Crippen LogP contribution in [0.15, 0.2) is 60.7 Å². The Morgan fingerprint density at radius 3 is 2.06 bits per heavy atom. The van der Waals surface area contributed by atoms with Crippen LogP contribution in [0, 0.1) is 18.8 Å². The highest BCUT2D eigenvalue weighted by molar-refractivity contribution is 6.38. The van der Waals surface area contributed by atoms with Crippen molar-refractivity contribution in [1.82, 2.24) is 0 Å². The Kier molecular flexibility index (Phi) is 5.18. The number of ketones is 2. The van der Waals surface area contributed by atoms with Crippen molar-refractivity contribution in [3.8, 4) is 0 Å². The van der Waals surface area contributed by atoms with Gasteiger partial charge in [0.15, 0.2) is 0 Å². The van der Waals surface area contributed by atoms with E-state index in [0.29, 0.717) is 26.9 Å². The van der Waals surface area contributed by atoms with Gasteiger partial charge in [-0.25, -0.2) is 4.90 Å². The molecule has 180 valence electrons. The predicted molar refractivity (Wildman–Crippen MR) is 134 cm³/mol. The number of aryl methyl sites for hydroxylation is 1. The summed E-state index contributed by atoms with van der Waals surface area (Å²) in [4.78, 5) is 56.6. The van der Waals surface area contributed by atoms with Crippen LogP contribution in [0.4, 0.5) is 5.69 Å². The Hall–Kier alpha value is -3.03. The van der Waals surface area contributed by atoms with Crippen LogP contribution in [0.5, 0.6) is 0 Å². The Morgan fingerprint density at radius 1 is 0.806 bits per heavy atom. The lowest BCUT2D eigenvalue weighted by Crippen LogP contribution is -2.51. The number of rotatable bonds is 2. The average Bonchev–Trinajstić information content (AvgIpc) is 3.41. The summed E-state index contributed by atoms with van der Waals surface area (Å²) >= 11 is 18.7. The van der Waals surface area contributed by atoms with Gasteiger partial charge < -0.3 is 4.74 Å². The van der Waals surface area contributed by atoms with Gasteiger partial charge in [-0.2, -0.15) is 0 Å². The molecule has 0 aromatic heterocycles. The number of ether oxygens (including phenoxy) is 1. The van der Waals surface area contributed by atoms with Gasteiger partial charge in [0.2, 0.25) is 29.0 Å². The van der Waals surface area contributed by atoms with Gasteiger partial charge in [0, 0.05) is 31.8 Å². The first-order valence-corrected chi connectivity index (χ1v) is 12.3. The minimum atomic E-state index is -2.18. The molecule has 2 fully saturated rings. The maximum Gasteiger partial charge on any atom is 0.241 e. The second-order valence-electron chi connectivity index (χ2n) is 9.09. The van der Waals surface area contributed by atoms with Gasteiger partial charge in [0.25, 0.3) is 0 Å². The topological polar surface area (TPSA) is 80.8 Å². The normalized spacial score (nSPS) is 24.1. The highest BCUT2D eigenvalue weighted by Crippen LogP contribution is 2.58. The number of carbonyl (C=O) groups is 4. The number of hydrogen-bond donors (Lipinski definition) is 0. The third-order valence-electron chi connectivity index (χ3n) is 7.20. The van der Waals surface area contributed by atoms with Crippen LogP contribution < -0.4 is 4.90 Å². The highest BCUT2D eigenvalue weighted by atomic mass is 35.5. The summed E-state index contributed by atoms with van der Waals surface area (Å²) < 4.78 is 6.25. The van der Waals surface area contributed by atoms with E-state index in [1.807, 2.05) is 0 Å². The molecule has 3 unspecified atom stereocenters. The van der Waals surface area contributed by atoms with Crippen molar-refractivity contribution in [2.45, 2.75) is 18.6 Å². The molecule has 36 heavy (non-hydrogen) atoms. The number of carbonyl (C=O) groups excluding carboxylic acids is 4. The van der Waals surface area contributed by atoms with E-state index >= 15 is 0 Å². The zero-order valence-electron chi connectivity index (χ0n) is 18.6. The van der Waals surface area contributed by atoms with Crippen LogP contribution in [-0.4, -0.2) is 29.0 Å². The van der Waals surface area contributed by atoms with Gasteiger partial charge in [-0.05, 0) is 36.8 Å². The van der Waals surface area contributed by atoms with Gasteiger partial charge in [-0.3, -0.25) is 19.2 Å². The third kappa shape index (κ3) is 2.96. The zero-order valence-corrected chi connectivity index (χ0v) is 20.9. The second-order valence-corrected chi connectivity index (χ2v) is 10.4. The molecule has 3 aliphatic rings. The summed E-state index contributed by atoms with van der Waals surface area (Å²) in [6, 6.07) is 15.8. The molecule has 0 saturated carbocycles. The van der Waals surface area contributed by atoms with Crippen LogP contribution in [0.3, 0.4) is 0 Å². The first kappa shape index (κ1) is 23.4. The van der Waals surface area contributed by atoms with Gasteiger partial charge in [0.1, 0.15) is 0 Å². The predicted octanol–water partition coefficient (Wildman–Crippen LogP) is 5.65. The molecule has 0 bridgehead atoms. The molecule has 2 saturated heterocycles. The first-order chi connectivity index (χ1) is 17.2. The maximum atomic E-state index is 14.0. The Morgan fingerprint density at radius 2 is 1.42 bits per heavy atom. The number of halogens is 3. The molecular formula is C27H16Cl3NO5. The van der Waals surface area contributed by atoms with Gasteiger partial charge in [0.05, 0.1) is 23.6 Å². The fourth-order valence-corrected chi connectivity index (χ4v) is 6.28. The molecule has 1 aliphatic carbocycles. The van der Waals surface area contributed by atoms with E-state index in [4.69, 9.17) is 39.5 Å². The average molecular weight is 541 g/mol. The number of benzene rings is 3. The fourth-order valence-electron chi connectivity index (χ4n) is 5.59. The van der Waals surface area contributed by atoms with Gasteiger partial charge in [-0.1, -0.05) is 71.2 Å². The van der Waals surface area contributed by atoms with E-state index in [-0.39, 0.29) is 16.1 Å².